The number of aryl methyl sites for hydroxylation is 2. The first-order valence-corrected chi connectivity index (χ1v) is 14.9. The maximum atomic E-state index is 13.8. The Hall–Kier alpha value is -3.11. The first-order chi connectivity index (χ1) is 18.9. The Labute approximate surface area is 249 Å². The van der Waals surface area contributed by atoms with Crippen molar-refractivity contribution in [2.75, 3.05) is 5.33 Å². The van der Waals surface area contributed by atoms with E-state index < -0.39 is 29.3 Å². The van der Waals surface area contributed by atoms with E-state index in [0.29, 0.717) is 28.6 Å². The van der Waals surface area contributed by atoms with Gasteiger partial charge in [-0.2, -0.15) is 0 Å². The third-order valence-corrected chi connectivity index (χ3v) is 8.68. The summed E-state index contributed by atoms with van der Waals surface area (Å²) in [6.07, 6.45) is 1.79. The summed E-state index contributed by atoms with van der Waals surface area (Å²) in [5.41, 5.74) is 2.93. The number of amides is 1. The first kappa shape index (κ1) is 29.9. The minimum atomic E-state index is -1.06. The maximum Gasteiger partial charge on any atom is 0.408 e. The lowest BCUT2D eigenvalue weighted by Crippen LogP contribution is -2.46. The lowest BCUT2D eigenvalue weighted by atomic mass is 9.99. The summed E-state index contributed by atoms with van der Waals surface area (Å²) >= 11 is 7.14. The average Bonchev–Trinajstić information content (AvgIpc) is 3.28. The van der Waals surface area contributed by atoms with Gasteiger partial charge in [-0.1, -0.05) is 50.1 Å². The van der Waals surface area contributed by atoms with Gasteiger partial charge in [0.05, 0.1) is 0 Å². The van der Waals surface area contributed by atoms with Crippen LogP contribution in [-0.2, 0) is 22.4 Å². The fourth-order valence-electron chi connectivity index (χ4n) is 4.58. The highest BCUT2D eigenvalue weighted by Crippen LogP contribution is 2.35. The molecule has 2 heterocycles. The van der Waals surface area contributed by atoms with Crippen LogP contribution < -0.4 is 15.7 Å². The molecule has 0 saturated heterocycles. The molecular formula is C30H32Br2N2O6. The number of nitrogens with one attached hydrogen (secondary N) is 2. The summed E-state index contributed by atoms with van der Waals surface area (Å²) in [6, 6.07) is 9.98. The van der Waals surface area contributed by atoms with Crippen molar-refractivity contribution in [3.8, 4) is 5.75 Å². The number of alkyl halides is 2. The van der Waals surface area contributed by atoms with E-state index in [1.165, 1.54) is 6.07 Å². The second-order valence-electron chi connectivity index (χ2n) is 10.8. The van der Waals surface area contributed by atoms with Gasteiger partial charge in [-0.3, -0.25) is 0 Å². The third kappa shape index (κ3) is 6.96. The number of aromatic nitrogens is 1. The number of carbonyl (C=O) groups is 2. The second-order valence-corrected chi connectivity index (χ2v) is 12.7. The van der Waals surface area contributed by atoms with Gasteiger partial charge in [0, 0.05) is 50.7 Å². The molecule has 0 unspecified atom stereocenters. The van der Waals surface area contributed by atoms with Crippen LogP contribution in [0.15, 0.2) is 51.8 Å². The largest absolute Gasteiger partial charge is 0.444 e. The van der Waals surface area contributed by atoms with Crippen molar-refractivity contribution >= 4 is 65.8 Å². The minimum Gasteiger partial charge on any atom is -0.444 e. The van der Waals surface area contributed by atoms with Crippen LogP contribution in [0.5, 0.6) is 5.75 Å². The van der Waals surface area contributed by atoms with E-state index >= 15 is 0 Å². The van der Waals surface area contributed by atoms with Crippen LogP contribution in [-0.4, -0.2) is 38.8 Å². The van der Waals surface area contributed by atoms with Crippen molar-refractivity contribution < 1.29 is 23.5 Å². The third-order valence-electron chi connectivity index (χ3n) is 6.38. The molecule has 8 nitrogen and oxygen atoms in total. The molecule has 0 spiro atoms. The van der Waals surface area contributed by atoms with Crippen molar-refractivity contribution in [1.82, 2.24) is 10.3 Å². The first-order valence-electron chi connectivity index (χ1n) is 12.9. The molecule has 4 rings (SSSR count). The molecule has 2 N–H and O–H groups in total. The van der Waals surface area contributed by atoms with E-state index in [9.17, 15) is 14.4 Å². The highest BCUT2D eigenvalue weighted by molar-refractivity contribution is 9.12. The lowest BCUT2D eigenvalue weighted by molar-refractivity contribution is -0.136. The molecule has 2 aromatic heterocycles. The molecule has 0 aliphatic rings. The van der Waals surface area contributed by atoms with Crippen molar-refractivity contribution in [3.63, 3.8) is 0 Å². The molecule has 10 heteroatoms. The van der Waals surface area contributed by atoms with Gasteiger partial charge in [-0.05, 0) is 69.9 Å². The molecule has 0 bridgehead atoms. The summed E-state index contributed by atoms with van der Waals surface area (Å²) in [4.78, 5) is 42.0. The zero-order valence-corrected chi connectivity index (χ0v) is 26.2. The van der Waals surface area contributed by atoms with E-state index in [1.807, 2.05) is 43.5 Å². The standard InChI is InChI=1S/C30H32Br2N2O6/c1-16-10-25(35)38-27-17(2)26(18(12-22(16)27)11-20(32)14-31)39-28(36)24(34-29(37)40-30(3,4)5)13-19-15-33-23-9-7-6-8-21(19)23/h6-10,12,15,20,24,33H,11,13-14H2,1-5H3,(H,34,37)/t20-,24+/m1/s1. The van der Waals surface area contributed by atoms with E-state index in [4.69, 9.17) is 13.9 Å². The molecule has 0 saturated carbocycles. The Bertz CT molecular complexity index is 1620. The number of aromatic amines is 1. The van der Waals surface area contributed by atoms with E-state index in [2.05, 4.69) is 42.2 Å². The van der Waals surface area contributed by atoms with Crippen LogP contribution in [0.3, 0.4) is 0 Å². The zero-order chi connectivity index (χ0) is 29.2. The Morgan fingerprint density at radius 2 is 1.80 bits per heavy atom. The zero-order valence-electron chi connectivity index (χ0n) is 23.0. The Morgan fingerprint density at radius 3 is 2.50 bits per heavy atom. The van der Waals surface area contributed by atoms with Crippen LogP contribution in [0.4, 0.5) is 4.79 Å². The van der Waals surface area contributed by atoms with Crippen molar-refractivity contribution in [1.29, 1.82) is 0 Å². The van der Waals surface area contributed by atoms with Crippen LogP contribution >= 0.6 is 31.9 Å². The van der Waals surface area contributed by atoms with Gasteiger partial charge >= 0.3 is 17.7 Å². The molecule has 0 radical (unpaired) electrons. The van der Waals surface area contributed by atoms with Crippen molar-refractivity contribution in [2.45, 2.75) is 63.9 Å². The predicted octanol–water partition coefficient (Wildman–Crippen LogP) is 6.63. The highest BCUT2D eigenvalue weighted by Gasteiger charge is 2.29. The Morgan fingerprint density at radius 1 is 1.07 bits per heavy atom. The lowest BCUT2D eigenvalue weighted by Gasteiger charge is -2.24. The molecule has 212 valence electrons. The maximum absolute atomic E-state index is 13.8. The fraction of sp³-hybridized carbons (Fsp3) is 0.367. The van der Waals surface area contributed by atoms with Crippen LogP contribution in [0.25, 0.3) is 21.9 Å². The average molecular weight is 676 g/mol. The van der Waals surface area contributed by atoms with Gasteiger partial charge in [0.25, 0.3) is 0 Å². The van der Waals surface area contributed by atoms with Gasteiger partial charge in [-0.15, -0.1) is 0 Å². The number of rotatable bonds is 8. The number of para-hydroxylation sites is 1. The van der Waals surface area contributed by atoms with Crippen molar-refractivity contribution in [2.24, 2.45) is 0 Å². The summed E-state index contributed by atoms with van der Waals surface area (Å²) in [6.45, 7) is 8.85. The normalized spacial score (nSPS) is 13.3. The molecule has 2 atom stereocenters. The number of H-pyrrole nitrogens is 1. The monoisotopic (exact) mass is 674 g/mol. The van der Waals surface area contributed by atoms with Crippen molar-refractivity contribution in [3.05, 3.63) is 75.3 Å². The van der Waals surface area contributed by atoms with Crippen LogP contribution in [0, 0.1) is 13.8 Å². The number of hydrogen-bond donors (Lipinski definition) is 2. The number of halogens is 2. The fourth-order valence-corrected chi connectivity index (χ4v) is 5.16. The molecule has 1 amide bonds. The topological polar surface area (TPSA) is 111 Å². The quantitative estimate of drug-likeness (QED) is 0.0939. The molecule has 2 aromatic carbocycles. The number of esters is 1. The summed E-state index contributed by atoms with van der Waals surface area (Å²) in [7, 11) is 0. The summed E-state index contributed by atoms with van der Waals surface area (Å²) in [5, 5.41) is 5.08. The number of fused-ring (bicyclic) bond motifs is 2. The second kappa shape index (κ2) is 12.2. The number of alkyl carbamates (subject to hydrolysis) is 1. The smallest absolute Gasteiger partial charge is 0.408 e. The Kier molecular flexibility index (Phi) is 9.09. The van der Waals surface area contributed by atoms with Gasteiger partial charge in [0.2, 0.25) is 0 Å². The van der Waals surface area contributed by atoms with E-state index in [1.54, 1.807) is 27.7 Å². The number of ether oxygens (including phenoxy) is 2. The van der Waals surface area contributed by atoms with Crippen LogP contribution in [0.2, 0.25) is 0 Å². The predicted molar refractivity (Wildman–Crippen MR) is 163 cm³/mol. The number of hydrogen-bond acceptors (Lipinski definition) is 6. The van der Waals surface area contributed by atoms with Gasteiger partial charge in [0.1, 0.15) is 23.0 Å². The van der Waals surface area contributed by atoms with E-state index in [0.717, 1.165) is 33.0 Å². The van der Waals surface area contributed by atoms with E-state index in [-0.39, 0.29) is 11.2 Å². The number of carbonyl (C=O) groups excluding carboxylic acids is 2. The molecule has 0 aliphatic heterocycles. The number of benzene rings is 2. The van der Waals surface area contributed by atoms with Gasteiger partial charge in [0.15, 0.2) is 0 Å². The highest BCUT2D eigenvalue weighted by atomic mass is 79.9. The molecule has 0 fully saturated rings. The van der Waals surface area contributed by atoms with Gasteiger partial charge < -0.3 is 24.2 Å². The summed E-state index contributed by atoms with van der Waals surface area (Å²) < 4.78 is 17.0. The Balaban J connectivity index is 1.75. The SMILES string of the molecule is Cc1cc(=O)oc2c(C)c(OC(=O)[C@H](Cc3c[nH]c4ccccc34)NC(=O)OC(C)(C)C)c(C[C@@H](Br)CBr)cc12. The summed E-state index contributed by atoms with van der Waals surface area (Å²) in [5.74, 6) is -0.369. The van der Waals surface area contributed by atoms with Gasteiger partial charge in [-0.25, -0.2) is 14.4 Å². The molecule has 0 aliphatic carbocycles. The molecule has 4 aromatic rings. The molecule has 40 heavy (non-hydrogen) atoms. The van der Waals surface area contributed by atoms with Crippen LogP contribution in [0.1, 0.15) is 43.0 Å². The molecular weight excluding hydrogens is 644 g/mol. The minimum absolute atomic E-state index is 0.0553.